The largest absolute Gasteiger partial charge is 0.314 e. The average molecular weight is 224 g/mol. The van der Waals surface area contributed by atoms with E-state index in [2.05, 4.69) is 48.0 Å². The summed E-state index contributed by atoms with van der Waals surface area (Å²) in [4.78, 5) is 0. The highest BCUT2D eigenvalue weighted by Crippen LogP contribution is 2.24. The predicted octanol–water partition coefficient (Wildman–Crippen LogP) is 2.48. The Bertz CT molecular complexity index is 313. The van der Waals surface area contributed by atoms with Crippen LogP contribution in [0.25, 0.3) is 0 Å². The van der Waals surface area contributed by atoms with Crippen LogP contribution in [-0.4, -0.2) is 22.0 Å². The molecule has 0 aliphatic heterocycles. The summed E-state index contributed by atoms with van der Waals surface area (Å²) in [6.07, 6.45) is 2.22. The molecular formula is C12H24N4. The second-order valence-electron chi connectivity index (χ2n) is 4.52. The zero-order chi connectivity index (χ0) is 12.1. The van der Waals surface area contributed by atoms with Crippen LogP contribution in [0.4, 0.5) is 0 Å². The van der Waals surface area contributed by atoms with Gasteiger partial charge in [-0.1, -0.05) is 32.9 Å². The lowest BCUT2D eigenvalue weighted by atomic mass is 10.1. The summed E-state index contributed by atoms with van der Waals surface area (Å²) < 4.78 is 2.12. The van der Waals surface area contributed by atoms with Crippen molar-refractivity contribution in [1.29, 1.82) is 0 Å². The Morgan fingerprint density at radius 3 is 2.31 bits per heavy atom. The molecule has 0 aliphatic rings. The highest BCUT2D eigenvalue weighted by Gasteiger charge is 2.19. The highest BCUT2D eigenvalue weighted by atomic mass is 15.4. The Labute approximate surface area is 98.4 Å². The van der Waals surface area contributed by atoms with Gasteiger partial charge >= 0.3 is 0 Å². The number of nitrogens with zero attached hydrogens (tertiary/aromatic N) is 3. The van der Waals surface area contributed by atoms with E-state index >= 15 is 0 Å². The fourth-order valence-electron chi connectivity index (χ4n) is 2.13. The van der Waals surface area contributed by atoms with Crippen LogP contribution in [0.5, 0.6) is 0 Å². The molecule has 16 heavy (non-hydrogen) atoms. The SMILES string of the molecule is CCC(CC)n1nnc(CNC)c1C(C)C. The molecule has 0 spiro atoms. The van der Waals surface area contributed by atoms with E-state index in [1.807, 2.05) is 7.05 Å². The molecule has 1 N–H and O–H groups in total. The highest BCUT2D eigenvalue weighted by molar-refractivity contribution is 5.15. The minimum absolute atomic E-state index is 0.471. The van der Waals surface area contributed by atoms with Crippen molar-refractivity contribution in [3.05, 3.63) is 11.4 Å². The Hall–Kier alpha value is -0.900. The molecule has 0 aliphatic carbocycles. The third-order valence-corrected chi connectivity index (χ3v) is 2.98. The molecule has 4 nitrogen and oxygen atoms in total. The first-order valence-electron chi connectivity index (χ1n) is 6.24. The van der Waals surface area contributed by atoms with E-state index in [0.29, 0.717) is 12.0 Å². The lowest BCUT2D eigenvalue weighted by Crippen LogP contribution is -2.15. The first-order valence-corrected chi connectivity index (χ1v) is 6.24. The van der Waals surface area contributed by atoms with E-state index in [1.165, 1.54) is 5.69 Å². The second-order valence-corrected chi connectivity index (χ2v) is 4.52. The zero-order valence-electron chi connectivity index (χ0n) is 11.1. The quantitative estimate of drug-likeness (QED) is 0.807. The maximum atomic E-state index is 4.32. The van der Waals surface area contributed by atoms with Gasteiger partial charge in [-0.15, -0.1) is 5.10 Å². The van der Waals surface area contributed by atoms with Crippen LogP contribution >= 0.6 is 0 Å². The normalized spacial score (nSPS) is 11.7. The number of rotatable bonds is 6. The Morgan fingerprint density at radius 1 is 1.25 bits per heavy atom. The van der Waals surface area contributed by atoms with Crippen LogP contribution in [0, 0.1) is 0 Å². The molecule has 92 valence electrons. The Balaban J connectivity index is 3.08. The van der Waals surface area contributed by atoms with Gasteiger partial charge in [0.15, 0.2) is 0 Å². The molecule has 0 fully saturated rings. The zero-order valence-corrected chi connectivity index (χ0v) is 11.1. The number of nitrogens with one attached hydrogen (secondary N) is 1. The molecule has 0 radical (unpaired) electrons. The summed E-state index contributed by atoms with van der Waals surface area (Å²) in [6, 6.07) is 0.482. The number of hydrogen-bond donors (Lipinski definition) is 1. The molecule has 4 heteroatoms. The summed E-state index contributed by atoms with van der Waals surface area (Å²) in [5.74, 6) is 0.471. The van der Waals surface area contributed by atoms with Crippen LogP contribution < -0.4 is 5.32 Å². The molecule has 0 unspecified atom stereocenters. The predicted molar refractivity (Wildman–Crippen MR) is 66.5 cm³/mol. The van der Waals surface area contributed by atoms with Gasteiger partial charge in [0, 0.05) is 6.54 Å². The topological polar surface area (TPSA) is 42.7 Å². The van der Waals surface area contributed by atoms with E-state index in [4.69, 9.17) is 0 Å². The molecule has 1 aromatic rings. The minimum atomic E-state index is 0.471. The van der Waals surface area contributed by atoms with Gasteiger partial charge in [-0.3, -0.25) is 0 Å². The Kier molecular flexibility index (Phi) is 4.93. The molecule has 1 rings (SSSR count). The first-order chi connectivity index (χ1) is 7.65. The van der Waals surface area contributed by atoms with Gasteiger partial charge in [0.05, 0.1) is 17.4 Å². The average Bonchev–Trinajstić information content (AvgIpc) is 2.64. The maximum Gasteiger partial charge on any atom is 0.0999 e. The van der Waals surface area contributed by atoms with Crippen molar-refractivity contribution in [2.24, 2.45) is 0 Å². The van der Waals surface area contributed by atoms with Crippen molar-refractivity contribution in [3.63, 3.8) is 0 Å². The van der Waals surface area contributed by atoms with E-state index < -0.39 is 0 Å². The van der Waals surface area contributed by atoms with Crippen molar-refractivity contribution in [2.75, 3.05) is 7.05 Å². The smallest absolute Gasteiger partial charge is 0.0999 e. The van der Waals surface area contributed by atoms with Crippen LogP contribution in [0.15, 0.2) is 0 Å². The van der Waals surface area contributed by atoms with Gasteiger partial charge < -0.3 is 5.32 Å². The summed E-state index contributed by atoms with van der Waals surface area (Å²) in [6.45, 7) is 9.62. The third-order valence-electron chi connectivity index (χ3n) is 2.98. The summed E-state index contributed by atoms with van der Waals surface area (Å²) in [5, 5.41) is 11.8. The summed E-state index contributed by atoms with van der Waals surface area (Å²) in [7, 11) is 1.94. The monoisotopic (exact) mass is 224 g/mol. The fraction of sp³-hybridized carbons (Fsp3) is 0.833. The molecule has 0 aromatic carbocycles. The van der Waals surface area contributed by atoms with Crippen molar-refractivity contribution in [2.45, 2.75) is 59.0 Å². The molecule has 0 amide bonds. The molecule has 0 atom stereocenters. The van der Waals surface area contributed by atoms with Gasteiger partial charge in [-0.05, 0) is 25.8 Å². The van der Waals surface area contributed by atoms with E-state index in [9.17, 15) is 0 Å². The van der Waals surface area contributed by atoms with Crippen molar-refractivity contribution in [1.82, 2.24) is 20.3 Å². The molecule has 0 saturated heterocycles. The molecular weight excluding hydrogens is 200 g/mol. The summed E-state index contributed by atoms with van der Waals surface area (Å²) in [5.41, 5.74) is 2.37. The Morgan fingerprint density at radius 2 is 1.88 bits per heavy atom. The van der Waals surface area contributed by atoms with E-state index in [-0.39, 0.29) is 0 Å². The standard InChI is InChI=1S/C12H24N4/c1-6-10(7-2)16-12(9(3)4)11(8-13-5)14-15-16/h9-10,13H,6-8H2,1-5H3. The molecule has 0 saturated carbocycles. The molecule has 0 bridgehead atoms. The fourth-order valence-corrected chi connectivity index (χ4v) is 2.13. The van der Waals surface area contributed by atoms with Crippen LogP contribution in [0.3, 0.4) is 0 Å². The third kappa shape index (κ3) is 2.61. The van der Waals surface area contributed by atoms with Gasteiger partial charge in [0.2, 0.25) is 0 Å². The molecule has 1 heterocycles. The van der Waals surface area contributed by atoms with E-state index in [1.54, 1.807) is 0 Å². The first kappa shape index (κ1) is 13.2. The summed E-state index contributed by atoms with van der Waals surface area (Å²) >= 11 is 0. The van der Waals surface area contributed by atoms with Crippen LogP contribution in [0.2, 0.25) is 0 Å². The number of hydrogen-bond acceptors (Lipinski definition) is 3. The van der Waals surface area contributed by atoms with Gasteiger partial charge in [-0.2, -0.15) is 0 Å². The lowest BCUT2D eigenvalue weighted by Gasteiger charge is -2.18. The van der Waals surface area contributed by atoms with Crippen LogP contribution in [-0.2, 0) is 6.54 Å². The lowest BCUT2D eigenvalue weighted by molar-refractivity contribution is 0.399. The van der Waals surface area contributed by atoms with E-state index in [0.717, 1.165) is 25.1 Å². The number of aromatic nitrogens is 3. The van der Waals surface area contributed by atoms with Gasteiger partial charge in [0.1, 0.15) is 0 Å². The molecule has 1 aromatic heterocycles. The maximum absolute atomic E-state index is 4.32. The van der Waals surface area contributed by atoms with Crippen molar-refractivity contribution in [3.8, 4) is 0 Å². The second kappa shape index (κ2) is 5.99. The minimum Gasteiger partial charge on any atom is -0.314 e. The van der Waals surface area contributed by atoms with Gasteiger partial charge in [0.25, 0.3) is 0 Å². The van der Waals surface area contributed by atoms with Crippen LogP contribution in [0.1, 0.15) is 63.9 Å². The van der Waals surface area contributed by atoms with Crippen molar-refractivity contribution >= 4 is 0 Å². The van der Waals surface area contributed by atoms with Crippen molar-refractivity contribution < 1.29 is 0 Å². The van der Waals surface area contributed by atoms with Gasteiger partial charge in [-0.25, -0.2) is 4.68 Å².